The molecule has 2 aliphatic heterocycles. The van der Waals surface area contributed by atoms with Crippen molar-refractivity contribution in [2.75, 3.05) is 39.4 Å². The molecule has 2 heterocycles. The Morgan fingerprint density at radius 1 is 1.20 bits per heavy atom. The summed E-state index contributed by atoms with van der Waals surface area (Å²) < 4.78 is 11.3. The lowest BCUT2D eigenvalue weighted by Gasteiger charge is -2.29. The smallest absolute Gasteiger partial charge is 0.251 e. The Labute approximate surface area is 154 Å². The second kappa shape index (κ2) is 8.77. The zero-order chi connectivity index (χ0) is 17.6. The predicted molar refractivity (Wildman–Crippen MR) is 98.8 cm³/mol. The van der Waals surface area contributed by atoms with Gasteiger partial charge in [0.1, 0.15) is 0 Å². The Morgan fingerprint density at radius 3 is 2.76 bits per heavy atom. The fourth-order valence-electron chi connectivity index (χ4n) is 3.38. The van der Waals surface area contributed by atoms with Crippen molar-refractivity contribution in [3.8, 4) is 11.5 Å². The zero-order valence-corrected chi connectivity index (χ0v) is 15.6. The Morgan fingerprint density at radius 2 is 1.96 bits per heavy atom. The number of nitrogens with one attached hydrogen (secondary N) is 1. The number of likely N-dealkylation sites (tertiary alicyclic amines) is 1. The molecule has 6 heteroatoms. The summed E-state index contributed by atoms with van der Waals surface area (Å²) in [5.41, 5.74) is 0.513. The molecule has 0 saturated carbocycles. The van der Waals surface area contributed by atoms with Gasteiger partial charge in [-0.05, 0) is 44.0 Å². The highest BCUT2D eigenvalue weighted by molar-refractivity contribution is 6.32. The van der Waals surface area contributed by atoms with Crippen LogP contribution >= 0.6 is 11.6 Å². The molecule has 0 radical (unpaired) electrons. The van der Waals surface area contributed by atoms with E-state index in [9.17, 15) is 4.79 Å². The van der Waals surface area contributed by atoms with Crippen LogP contribution in [0.15, 0.2) is 12.1 Å². The number of rotatable bonds is 5. The molecule has 138 valence electrons. The van der Waals surface area contributed by atoms with E-state index in [-0.39, 0.29) is 5.91 Å². The van der Waals surface area contributed by atoms with Crippen molar-refractivity contribution in [2.45, 2.75) is 32.6 Å². The lowest BCUT2D eigenvalue weighted by atomic mass is 10.1. The molecule has 1 amide bonds. The van der Waals surface area contributed by atoms with Crippen molar-refractivity contribution in [3.05, 3.63) is 22.7 Å². The fourth-order valence-corrected chi connectivity index (χ4v) is 3.64. The minimum Gasteiger partial charge on any atom is -0.489 e. The van der Waals surface area contributed by atoms with E-state index in [1.54, 1.807) is 12.1 Å². The van der Waals surface area contributed by atoms with E-state index < -0.39 is 0 Å². The molecular formula is C19H27ClN2O3. The van der Waals surface area contributed by atoms with Gasteiger partial charge >= 0.3 is 0 Å². The molecule has 2 aliphatic rings. The van der Waals surface area contributed by atoms with Gasteiger partial charge in [0.25, 0.3) is 5.91 Å². The van der Waals surface area contributed by atoms with Gasteiger partial charge in [0.15, 0.2) is 11.5 Å². The normalized spacial score (nSPS) is 19.1. The minimum atomic E-state index is -0.122. The van der Waals surface area contributed by atoms with Gasteiger partial charge in [-0.3, -0.25) is 4.79 Å². The molecule has 0 aliphatic carbocycles. The quantitative estimate of drug-likeness (QED) is 0.868. The van der Waals surface area contributed by atoms with Gasteiger partial charge in [0.05, 0.1) is 18.2 Å². The molecule has 1 fully saturated rings. The first-order valence-electron chi connectivity index (χ1n) is 9.23. The van der Waals surface area contributed by atoms with Crippen LogP contribution in [0.3, 0.4) is 0 Å². The molecule has 1 atom stereocenters. The van der Waals surface area contributed by atoms with E-state index in [1.165, 1.54) is 32.4 Å². The van der Waals surface area contributed by atoms with Crippen LogP contribution in [0, 0.1) is 5.92 Å². The third kappa shape index (κ3) is 5.02. The average molecular weight is 367 g/mol. The molecule has 0 bridgehead atoms. The van der Waals surface area contributed by atoms with Crippen LogP contribution in [0.4, 0.5) is 0 Å². The van der Waals surface area contributed by atoms with Crippen LogP contribution in [0.1, 0.15) is 43.0 Å². The van der Waals surface area contributed by atoms with Crippen molar-refractivity contribution in [2.24, 2.45) is 5.92 Å². The first-order valence-corrected chi connectivity index (χ1v) is 9.61. The Kier molecular flexibility index (Phi) is 6.43. The van der Waals surface area contributed by atoms with Crippen molar-refractivity contribution in [1.29, 1.82) is 0 Å². The highest BCUT2D eigenvalue weighted by Gasteiger charge is 2.19. The number of nitrogens with zero attached hydrogens (tertiary/aromatic N) is 1. The third-order valence-electron chi connectivity index (χ3n) is 4.69. The first-order chi connectivity index (χ1) is 12.1. The van der Waals surface area contributed by atoms with Crippen LogP contribution in [0.2, 0.25) is 5.02 Å². The molecular weight excluding hydrogens is 340 g/mol. The lowest BCUT2D eigenvalue weighted by Crippen LogP contribution is -2.38. The maximum absolute atomic E-state index is 12.5. The number of carbonyl (C=O) groups excluding carboxylic acids is 1. The SMILES string of the molecule is CC(CNC(=O)c1cc(Cl)c2c(c1)OCCCO2)CN1CCCCC1. The largest absolute Gasteiger partial charge is 0.489 e. The molecule has 1 saturated heterocycles. The molecule has 5 nitrogen and oxygen atoms in total. The van der Waals surface area contributed by atoms with E-state index in [4.69, 9.17) is 21.1 Å². The summed E-state index contributed by atoms with van der Waals surface area (Å²) in [5.74, 6) is 1.38. The van der Waals surface area contributed by atoms with Crippen molar-refractivity contribution in [1.82, 2.24) is 10.2 Å². The van der Waals surface area contributed by atoms with Crippen molar-refractivity contribution >= 4 is 17.5 Å². The average Bonchev–Trinajstić information content (AvgIpc) is 2.86. The number of piperidine rings is 1. The molecule has 1 N–H and O–H groups in total. The van der Waals surface area contributed by atoms with Gasteiger partial charge in [-0.15, -0.1) is 0 Å². The Balaban J connectivity index is 1.55. The van der Waals surface area contributed by atoms with E-state index >= 15 is 0 Å². The van der Waals surface area contributed by atoms with Gasteiger partial charge in [-0.1, -0.05) is 24.9 Å². The number of ether oxygens (including phenoxy) is 2. The summed E-state index contributed by atoms with van der Waals surface area (Å²) in [6, 6.07) is 3.37. The topological polar surface area (TPSA) is 50.8 Å². The summed E-state index contributed by atoms with van der Waals surface area (Å²) in [5, 5.41) is 3.44. The van der Waals surface area contributed by atoms with Crippen LogP contribution in [0.25, 0.3) is 0 Å². The van der Waals surface area contributed by atoms with Gasteiger partial charge in [0, 0.05) is 25.1 Å². The van der Waals surface area contributed by atoms with Crippen molar-refractivity contribution in [3.63, 3.8) is 0 Å². The van der Waals surface area contributed by atoms with Gasteiger partial charge in [0.2, 0.25) is 0 Å². The predicted octanol–water partition coefficient (Wildman–Crippen LogP) is 3.35. The van der Waals surface area contributed by atoms with Gasteiger partial charge < -0.3 is 19.7 Å². The Bertz CT molecular complexity index is 603. The number of amides is 1. The van der Waals surface area contributed by atoms with Crippen molar-refractivity contribution < 1.29 is 14.3 Å². The molecule has 1 unspecified atom stereocenters. The van der Waals surface area contributed by atoms with E-state index in [1.807, 2.05) is 0 Å². The molecule has 1 aromatic rings. The molecule has 25 heavy (non-hydrogen) atoms. The van der Waals surface area contributed by atoms with Crippen LogP contribution < -0.4 is 14.8 Å². The van der Waals surface area contributed by atoms with E-state index in [0.717, 1.165) is 13.0 Å². The van der Waals surface area contributed by atoms with Gasteiger partial charge in [-0.25, -0.2) is 0 Å². The molecule has 0 spiro atoms. The Hall–Kier alpha value is -1.46. The lowest BCUT2D eigenvalue weighted by molar-refractivity contribution is 0.0942. The second-order valence-corrected chi connectivity index (χ2v) is 7.42. The van der Waals surface area contributed by atoms with Gasteiger partial charge in [-0.2, -0.15) is 0 Å². The summed E-state index contributed by atoms with van der Waals surface area (Å²) in [6.45, 7) is 7.36. The fraction of sp³-hybridized carbons (Fsp3) is 0.632. The number of fused-ring (bicyclic) bond motifs is 1. The summed E-state index contributed by atoms with van der Waals surface area (Å²) in [7, 11) is 0. The van der Waals surface area contributed by atoms with E-state index in [0.29, 0.717) is 47.8 Å². The maximum Gasteiger partial charge on any atom is 0.251 e. The number of halogens is 1. The first kappa shape index (κ1) is 18.3. The number of hydrogen-bond donors (Lipinski definition) is 1. The van der Waals surface area contributed by atoms with Crippen LogP contribution in [0.5, 0.6) is 11.5 Å². The number of carbonyl (C=O) groups is 1. The number of hydrogen-bond acceptors (Lipinski definition) is 4. The molecule has 0 aromatic heterocycles. The highest BCUT2D eigenvalue weighted by atomic mass is 35.5. The van der Waals surface area contributed by atoms with E-state index in [2.05, 4.69) is 17.1 Å². The highest BCUT2D eigenvalue weighted by Crippen LogP contribution is 2.37. The summed E-state index contributed by atoms with van der Waals surface area (Å²) in [4.78, 5) is 15.0. The number of benzene rings is 1. The van der Waals surface area contributed by atoms with Crippen LogP contribution in [-0.4, -0.2) is 50.2 Å². The maximum atomic E-state index is 12.5. The van der Waals surface area contributed by atoms with Crippen LogP contribution in [-0.2, 0) is 0 Å². The zero-order valence-electron chi connectivity index (χ0n) is 14.9. The summed E-state index contributed by atoms with van der Waals surface area (Å²) >= 11 is 6.26. The third-order valence-corrected chi connectivity index (χ3v) is 4.97. The standard InChI is InChI=1S/C19H27ClN2O3/c1-14(13-22-6-3-2-4-7-22)12-21-19(23)15-10-16(20)18-17(11-15)24-8-5-9-25-18/h10-11,14H,2-9,12-13H2,1H3,(H,21,23). The second-order valence-electron chi connectivity index (χ2n) is 7.01. The minimum absolute atomic E-state index is 0.122. The monoisotopic (exact) mass is 366 g/mol. The summed E-state index contributed by atoms with van der Waals surface area (Å²) in [6.07, 6.45) is 4.72. The molecule has 1 aromatic carbocycles. The molecule has 3 rings (SSSR count).